The number of nitrogens with two attached hydrogens (primary N) is 1. The van der Waals surface area contributed by atoms with Crippen LogP contribution in [0.3, 0.4) is 0 Å². The summed E-state index contributed by atoms with van der Waals surface area (Å²) >= 11 is 6.09. The Morgan fingerprint density at radius 1 is 1.54 bits per heavy atom. The molecule has 0 bridgehead atoms. The second kappa shape index (κ2) is 10.2. The Labute approximate surface area is 154 Å². The monoisotopic (exact) mass is 377 g/mol. The van der Waals surface area contributed by atoms with Crippen LogP contribution >= 0.6 is 24.0 Å². The normalized spacial score (nSPS) is 19.4. The molecule has 1 aromatic rings. The minimum absolute atomic E-state index is 0. The van der Waals surface area contributed by atoms with Crippen molar-refractivity contribution in [2.45, 2.75) is 51.2 Å². The van der Waals surface area contributed by atoms with Gasteiger partial charge in [0, 0.05) is 24.2 Å². The van der Waals surface area contributed by atoms with Crippen molar-refractivity contribution < 1.29 is 9.18 Å². The molecule has 0 aromatic heterocycles. The highest BCUT2D eigenvalue weighted by Crippen LogP contribution is 2.21. The van der Waals surface area contributed by atoms with Crippen LogP contribution in [-0.4, -0.2) is 36.0 Å². The van der Waals surface area contributed by atoms with Crippen LogP contribution in [0.25, 0.3) is 0 Å². The number of amides is 1. The fraction of sp³-hybridized carbons (Fsp3) is 0.588. The van der Waals surface area contributed by atoms with Crippen LogP contribution in [0, 0.1) is 5.82 Å². The largest absolute Gasteiger partial charge is 0.351 e. The van der Waals surface area contributed by atoms with Gasteiger partial charge in [-0.15, -0.1) is 12.4 Å². The van der Waals surface area contributed by atoms with Crippen molar-refractivity contribution in [3.8, 4) is 0 Å². The Morgan fingerprint density at radius 3 is 2.96 bits per heavy atom. The van der Waals surface area contributed by atoms with Crippen molar-refractivity contribution in [3.63, 3.8) is 0 Å². The fourth-order valence-electron chi connectivity index (χ4n) is 2.96. The summed E-state index contributed by atoms with van der Waals surface area (Å²) in [5.74, 6) is -0.397. The van der Waals surface area contributed by atoms with Crippen molar-refractivity contribution >= 4 is 29.9 Å². The van der Waals surface area contributed by atoms with E-state index in [-0.39, 0.29) is 30.2 Å². The van der Waals surface area contributed by atoms with Gasteiger partial charge in [0.2, 0.25) is 5.91 Å². The number of carbonyl (C=O) groups excluding carboxylic acids is 1. The van der Waals surface area contributed by atoms with Gasteiger partial charge in [-0.25, -0.2) is 4.39 Å². The lowest BCUT2D eigenvalue weighted by Crippen LogP contribution is -2.51. The van der Waals surface area contributed by atoms with Gasteiger partial charge in [0.15, 0.2) is 0 Å². The van der Waals surface area contributed by atoms with Crippen LogP contribution in [0.4, 0.5) is 4.39 Å². The zero-order chi connectivity index (χ0) is 16.8. The molecule has 2 unspecified atom stereocenters. The van der Waals surface area contributed by atoms with Crippen molar-refractivity contribution in [3.05, 3.63) is 34.6 Å². The first-order chi connectivity index (χ1) is 11.0. The Kier molecular flexibility index (Phi) is 8.98. The minimum Gasteiger partial charge on any atom is -0.351 e. The van der Waals surface area contributed by atoms with E-state index in [1.165, 1.54) is 12.1 Å². The first kappa shape index (κ1) is 21.2. The molecular weight excluding hydrogens is 352 g/mol. The maximum Gasteiger partial charge on any atom is 0.237 e. The van der Waals surface area contributed by atoms with E-state index in [2.05, 4.69) is 10.2 Å². The first-order valence-corrected chi connectivity index (χ1v) is 8.59. The van der Waals surface area contributed by atoms with Crippen molar-refractivity contribution in [1.29, 1.82) is 0 Å². The van der Waals surface area contributed by atoms with E-state index in [0.717, 1.165) is 37.9 Å². The summed E-state index contributed by atoms with van der Waals surface area (Å²) in [4.78, 5) is 14.3. The van der Waals surface area contributed by atoms with Crippen LogP contribution in [0.1, 0.15) is 38.2 Å². The number of piperidine rings is 1. The maximum absolute atomic E-state index is 13.1. The van der Waals surface area contributed by atoms with Crippen molar-refractivity contribution in [2.75, 3.05) is 13.1 Å². The Balaban J connectivity index is 0.00000288. The zero-order valence-corrected chi connectivity index (χ0v) is 15.5. The number of halogens is 3. The van der Waals surface area contributed by atoms with Gasteiger partial charge >= 0.3 is 0 Å². The molecule has 2 rings (SSSR count). The number of nitrogens with zero attached hydrogens (tertiary/aromatic N) is 1. The average molecular weight is 378 g/mol. The molecule has 1 amide bonds. The molecule has 0 spiro atoms. The van der Waals surface area contributed by atoms with Crippen LogP contribution in [0.2, 0.25) is 5.02 Å². The number of benzene rings is 1. The number of hydrogen-bond acceptors (Lipinski definition) is 3. The molecule has 0 radical (unpaired) electrons. The quantitative estimate of drug-likeness (QED) is 0.800. The number of rotatable bonds is 6. The van der Waals surface area contributed by atoms with E-state index in [0.29, 0.717) is 18.0 Å². The van der Waals surface area contributed by atoms with Gasteiger partial charge in [0.05, 0.1) is 6.04 Å². The van der Waals surface area contributed by atoms with Gasteiger partial charge < -0.3 is 11.1 Å². The molecule has 0 saturated carbocycles. The number of likely N-dealkylation sites (tertiary alicyclic amines) is 1. The summed E-state index contributed by atoms with van der Waals surface area (Å²) in [5.41, 5.74) is 6.76. The topological polar surface area (TPSA) is 58.4 Å². The Bertz CT molecular complexity index is 545. The predicted octanol–water partition coefficient (Wildman–Crippen LogP) is 3.11. The molecule has 136 valence electrons. The lowest BCUT2D eigenvalue weighted by Gasteiger charge is -2.33. The SMILES string of the molecule is CCCC(N)C(=O)NC1CCCN(Cc2ccc(F)cc2Cl)C1.Cl. The minimum atomic E-state index is -0.429. The molecule has 7 heteroatoms. The zero-order valence-electron chi connectivity index (χ0n) is 13.9. The maximum atomic E-state index is 13.1. The summed E-state index contributed by atoms with van der Waals surface area (Å²) in [6.45, 7) is 4.38. The number of hydrogen-bond donors (Lipinski definition) is 2. The molecule has 1 aliphatic heterocycles. The van der Waals surface area contributed by atoms with E-state index in [1.54, 1.807) is 6.07 Å². The van der Waals surface area contributed by atoms with Crippen LogP contribution in [0.15, 0.2) is 18.2 Å². The van der Waals surface area contributed by atoms with E-state index < -0.39 is 6.04 Å². The van der Waals surface area contributed by atoms with Crippen molar-refractivity contribution in [1.82, 2.24) is 10.2 Å². The Morgan fingerprint density at radius 2 is 2.29 bits per heavy atom. The summed E-state index contributed by atoms with van der Waals surface area (Å²) in [5, 5.41) is 3.49. The molecule has 1 aromatic carbocycles. The lowest BCUT2D eigenvalue weighted by molar-refractivity contribution is -0.123. The van der Waals surface area contributed by atoms with Crippen LogP contribution in [-0.2, 0) is 11.3 Å². The summed E-state index contributed by atoms with van der Waals surface area (Å²) in [6, 6.07) is 4.16. The molecule has 1 fully saturated rings. The first-order valence-electron chi connectivity index (χ1n) is 8.21. The highest BCUT2D eigenvalue weighted by Gasteiger charge is 2.23. The lowest BCUT2D eigenvalue weighted by atomic mass is 10.0. The third-order valence-electron chi connectivity index (χ3n) is 4.20. The third-order valence-corrected chi connectivity index (χ3v) is 4.55. The van der Waals surface area contributed by atoms with Crippen molar-refractivity contribution in [2.24, 2.45) is 5.73 Å². The average Bonchev–Trinajstić information content (AvgIpc) is 2.51. The molecule has 1 saturated heterocycles. The van der Waals surface area contributed by atoms with Crippen LogP contribution < -0.4 is 11.1 Å². The van der Waals surface area contributed by atoms with Crippen LogP contribution in [0.5, 0.6) is 0 Å². The van der Waals surface area contributed by atoms with Gasteiger partial charge in [-0.2, -0.15) is 0 Å². The van der Waals surface area contributed by atoms with Gasteiger partial charge in [0.1, 0.15) is 5.82 Å². The number of nitrogens with one attached hydrogen (secondary N) is 1. The van der Waals surface area contributed by atoms with E-state index in [9.17, 15) is 9.18 Å². The summed E-state index contributed by atoms with van der Waals surface area (Å²) < 4.78 is 13.1. The Hall–Kier alpha value is -0.880. The second-order valence-corrected chi connectivity index (χ2v) is 6.62. The molecule has 4 nitrogen and oxygen atoms in total. The van der Waals surface area contributed by atoms with Gasteiger partial charge in [-0.1, -0.05) is 31.0 Å². The van der Waals surface area contributed by atoms with E-state index in [4.69, 9.17) is 17.3 Å². The highest BCUT2D eigenvalue weighted by atomic mass is 35.5. The molecular formula is C17H26Cl2FN3O. The highest BCUT2D eigenvalue weighted by molar-refractivity contribution is 6.31. The molecule has 0 aliphatic carbocycles. The molecule has 3 N–H and O–H groups in total. The summed E-state index contributed by atoms with van der Waals surface area (Å²) in [6.07, 6.45) is 3.56. The van der Waals surface area contributed by atoms with Gasteiger partial charge in [-0.3, -0.25) is 9.69 Å². The van der Waals surface area contributed by atoms with E-state index >= 15 is 0 Å². The molecule has 24 heavy (non-hydrogen) atoms. The predicted molar refractivity (Wildman–Crippen MR) is 98.0 cm³/mol. The smallest absolute Gasteiger partial charge is 0.237 e. The summed E-state index contributed by atoms with van der Waals surface area (Å²) in [7, 11) is 0. The third kappa shape index (κ3) is 6.20. The fourth-order valence-corrected chi connectivity index (χ4v) is 3.19. The van der Waals surface area contributed by atoms with Gasteiger partial charge in [-0.05, 0) is 43.5 Å². The second-order valence-electron chi connectivity index (χ2n) is 6.21. The van der Waals surface area contributed by atoms with E-state index in [1.807, 2.05) is 6.92 Å². The number of carbonyl (C=O) groups is 1. The van der Waals surface area contributed by atoms with Gasteiger partial charge in [0.25, 0.3) is 0 Å². The molecule has 1 aliphatic rings. The molecule has 1 heterocycles. The molecule has 2 atom stereocenters. The standard InChI is InChI=1S/C17H25ClFN3O.ClH/c1-2-4-16(20)17(23)21-14-5-3-8-22(11-14)10-12-6-7-13(19)9-15(12)18;/h6-7,9,14,16H,2-5,8,10-11,20H2,1H3,(H,21,23);1H.